The molecule has 0 spiro atoms. The molecule has 0 atom stereocenters. The molecule has 42 heavy (non-hydrogen) atoms. The molecule has 2 heterocycles. The number of benzene rings is 2. The molecule has 0 saturated carbocycles. The zero-order valence-electron chi connectivity index (χ0n) is 23.3. The van der Waals surface area contributed by atoms with Crippen LogP contribution in [0.5, 0.6) is 0 Å². The van der Waals surface area contributed by atoms with Gasteiger partial charge in [-0.25, -0.2) is 18.4 Å². The Labute approximate surface area is 239 Å². The number of carbonyl (C=O) groups is 1. The number of nitrogens with zero attached hydrogens (tertiary/aromatic N) is 5. The van der Waals surface area contributed by atoms with Gasteiger partial charge in [0.1, 0.15) is 29.2 Å². The quantitative estimate of drug-likeness (QED) is 0.181. The van der Waals surface area contributed by atoms with Crippen LogP contribution in [-0.2, 0) is 17.2 Å². The minimum atomic E-state index is -4.91. The molecule has 0 bridgehead atoms. The Bertz CT molecular complexity index is 1680. The van der Waals surface area contributed by atoms with E-state index in [1.165, 1.54) is 12.1 Å². The van der Waals surface area contributed by atoms with E-state index in [4.69, 9.17) is 9.69 Å². The lowest BCUT2D eigenvalue weighted by atomic mass is 10.2. The first-order chi connectivity index (χ1) is 19.5. The molecule has 4 rings (SSSR count). The fraction of sp³-hybridized carbons (Fsp3) is 0.286. The van der Waals surface area contributed by atoms with Gasteiger partial charge in [0, 0.05) is 30.2 Å². The summed E-state index contributed by atoms with van der Waals surface area (Å²) in [5.74, 6) is -2.33. The summed E-state index contributed by atoms with van der Waals surface area (Å²) in [7, 11) is -2.09. The van der Waals surface area contributed by atoms with E-state index in [1.54, 1.807) is 23.0 Å². The van der Waals surface area contributed by atoms with Gasteiger partial charge in [-0.05, 0) is 48.5 Å². The number of aromatic nitrogens is 4. The number of anilines is 1. The predicted molar refractivity (Wildman–Crippen MR) is 147 cm³/mol. The van der Waals surface area contributed by atoms with Gasteiger partial charge in [0.25, 0.3) is 5.91 Å². The second-order valence-corrected chi connectivity index (χ2v) is 15.8. The van der Waals surface area contributed by atoms with Crippen molar-refractivity contribution in [2.24, 2.45) is 0 Å². The molecule has 2 aromatic heterocycles. The van der Waals surface area contributed by atoms with Crippen molar-refractivity contribution in [1.82, 2.24) is 19.3 Å². The summed E-state index contributed by atoms with van der Waals surface area (Å²) in [6, 6.07) is 8.86. The highest BCUT2D eigenvalue weighted by Crippen LogP contribution is 2.37. The van der Waals surface area contributed by atoms with Crippen molar-refractivity contribution in [2.75, 3.05) is 5.32 Å². The Balaban J connectivity index is 1.61. The molecule has 8 nitrogen and oxygen atoms in total. The molecule has 0 saturated heterocycles. The first-order valence-corrected chi connectivity index (χ1v) is 15.6. The highest BCUT2D eigenvalue weighted by molar-refractivity contribution is 6.74. The molecule has 0 aliphatic carbocycles. The third-order valence-electron chi connectivity index (χ3n) is 7.11. The zero-order chi connectivity index (χ0) is 31.0. The molecule has 0 fully saturated rings. The van der Waals surface area contributed by atoms with Crippen LogP contribution in [0.15, 0.2) is 54.9 Å². The predicted octanol–water partition coefficient (Wildman–Crippen LogP) is 7.00. The summed E-state index contributed by atoms with van der Waals surface area (Å²) in [5, 5.41) is 14.8. The number of hydrogen-bond donors (Lipinski definition) is 1. The van der Waals surface area contributed by atoms with Crippen LogP contribution in [0.3, 0.4) is 0 Å². The topological polar surface area (TPSA) is 97.8 Å². The lowest BCUT2D eigenvalue weighted by Gasteiger charge is -2.36. The molecule has 0 aliphatic heterocycles. The Kier molecular flexibility index (Phi) is 8.12. The molecular formula is C28H27F5N6O2Si. The maximum atomic E-state index is 15.2. The normalized spacial score (nSPS) is 12.3. The van der Waals surface area contributed by atoms with Gasteiger partial charge in [0.2, 0.25) is 0 Å². The third-order valence-corrected chi connectivity index (χ3v) is 11.6. The average molecular weight is 603 g/mol. The minimum Gasteiger partial charge on any atom is -0.409 e. The SMILES string of the molecule is CC(C)(C)[Si](C)(C)OCc1nccn1-c1ccc(NC(=O)c2cc(C(F)(F)F)nn2-c2ccc(F)c(C#N)c2)c(F)c1. The smallest absolute Gasteiger partial charge is 0.409 e. The van der Waals surface area contributed by atoms with Gasteiger partial charge in [-0.3, -0.25) is 4.79 Å². The van der Waals surface area contributed by atoms with Crippen LogP contribution in [0.25, 0.3) is 11.4 Å². The fourth-order valence-electron chi connectivity index (χ4n) is 3.69. The molecule has 0 aliphatic rings. The van der Waals surface area contributed by atoms with Crippen molar-refractivity contribution in [3.05, 3.63) is 89.3 Å². The summed E-state index contributed by atoms with van der Waals surface area (Å²) in [4.78, 5) is 17.4. The molecule has 0 unspecified atom stereocenters. The van der Waals surface area contributed by atoms with Crippen LogP contribution in [0.2, 0.25) is 18.1 Å². The number of imidazole rings is 1. The summed E-state index contributed by atoms with van der Waals surface area (Å²) in [6.07, 6.45) is -1.74. The van der Waals surface area contributed by atoms with Gasteiger partial charge in [0.15, 0.2) is 14.0 Å². The van der Waals surface area contributed by atoms with Crippen molar-refractivity contribution in [3.63, 3.8) is 0 Å². The van der Waals surface area contributed by atoms with E-state index in [-0.39, 0.29) is 23.0 Å². The largest absolute Gasteiger partial charge is 0.435 e. The van der Waals surface area contributed by atoms with Crippen LogP contribution in [0.4, 0.5) is 27.6 Å². The lowest BCUT2D eigenvalue weighted by molar-refractivity contribution is -0.141. The molecule has 220 valence electrons. The summed E-state index contributed by atoms with van der Waals surface area (Å²) >= 11 is 0. The first-order valence-electron chi connectivity index (χ1n) is 12.7. The molecule has 2 aromatic carbocycles. The van der Waals surface area contributed by atoms with Crippen LogP contribution in [-0.4, -0.2) is 33.6 Å². The van der Waals surface area contributed by atoms with Crippen LogP contribution < -0.4 is 5.32 Å². The number of rotatable bonds is 7. The molecule has 1 amide bonds. The van der Waals surface area contributed by atoms with E-state index < -0.39 is 49.0 Å². The summed E-state index contributed by atoms with van der Waals surface area (Å²) in [5.41, 5.74) is -2.56. The minimum absolute atomic E-state index is 0.0265. The number of halogens is 5. The van der Waals surface area contributed by atoms with E-state index in [2.05, 4.69) is 49.3 Å². The molecule has 4 aromatic rings. The highest BCUT2D eigenvalue weighted by Gasteiger charge is 2.38. The maximum Gasteiger partial charge on any atom is 0.435 e. The van der Waals surface area contributed by atoms with E-state index in [9.17, 15) is 22.4 Å². The van der Waals surface area contributed by atoms with Crippen molar-refractivity contribution in [1.29, 1.82) is 5.26 Å². The molecule has 1 N–H and O–H groups in total. The summed E-state index contributed by atoms with van der Waals surface area (Å²) < 4.78 is 77.8. The number of hydrogen-bond acceptors (Lipinski definition) is 5. The van der Waals surface area contributed by atoms with Gasteiger partial charge in [-0.15, -0.1) is 0 Å². The van der Waals surface area contributed by atoms with Gasteiger partial charge in [-0.1, -0.05) is 20.8 Å². The van der Waals surface area contributed by atoms with E-state index in [1.807, 2.05) is 0 Å². The Hall–Kier alpha value is -4.35. The highest BCUT2D eigenvalue weighted by atomic mass is 28.4. The number of carbonyl (C=O) groups excluding carboxylic acids is 1. The third kappa shape index (κ3) is 6.26. The van der Waals surface area contributed by atoms with Crippen molar-refractivity contribution in [2.45, 2.75) is 51.7 Å². The maximum absolute atomic E-state index is 15.2. The second-order valence-electron chi connectivity index (χ2n) is 11.0. The molecular weight excluding hydrogens is 575 g/mol. The van der Waals surface area contributed by atoms with Crippen LogP contribution in [0, 0.1) is 23.0 Å². The zero-order valence-corrected chi connectivity index (χ0v) is 24.3. The Morgan fingerprint density at radius 3 is 2.36 bits per heavy atom. The van der Waals surface area contributed by atoms with Gasteiger partial charge in [0.05, 0.1) is 23.5 Å². The first kappa shape index (κ1) is 30.6. The van der Waals surface area contributed by atoms with E-state index >= 15 is 4.39 Å². The Morgan fingerprint density at radius 2 is 1.74 bits per heavy atom. The van der Waals surface area contributed by atoms with Crippen LogP contribution >= 0.6 is 0 Å². The van der Waals surface area contributed by atoms with Gasteiger partial charge in [-0.2, -0.15) is 23.5 Å². The monoisotopic (exact) mass is 602 g/mol. The number of nitrogens with one attached hydrogen (secondary N) is 1. The number of alkyl halides is 3. The molecule has 0 radical (unpaired) electrons. The second kappa shape index (κ2) is 11.1. The van der Waals surface area contributed by atoms with Crippen molar-refractivity contribution >= 4 is 19.9 Å². The Morgan fingerprint density at radius 1 is 1.05 bits per heavy atom. The average Bonchev–Trinajstić information content (AvgIpc) is 3.56. The standard InChI is InChI=1S/C28H27F5N6O2Si/c1-27(2,3)42(4,5)41-16-25-35-10-11-38(25)18-7-9-22(21(30)13-18)36-26(40)23-14-24(28(31,32)33)37-39(23)19-6-8-20(29)17(12-19)15-34/h6-14H,16H2,1-5H3,(H,36,40). The molecule has 14 heteroatoms. The van der Waals surface area contributed by atoms with Crippen LogP contribution in [0.1, 0.15) is 48.3 Å². The lowest BCUT2D eigenvalue weighted by Crippen LogP contribution is -2.40. The van der Waals surface area contributed by atoms with Gasteiger partial charge >= 0.3 is 6.18 Å². The van der Waals surface area contributed by atoms with Gasteiger partial charge < -0.3 is 14.3 Å². The van der Waals surface area contributed by atoms with Crippen molar-refractivity contribution in [3.8, 4) is 17.4 Å². The summed E-state index contributed by atoms with van der Waals surface area (Å²) in [6.45, 7) is 10.7. The number of amides is 1. The van der Waals surface area contributed by atoms with Crippen molar-refractivity contribution < 1.29 is 31.2 Å². The fourth-order valence-corrected chi connectivity index (χ4v) is 4.61. The number of nitriles is 1. The van der Waals surface area contributed by atoms with E-state index in [0.717, 1.165) is 24.3 Å². The van der Waals surface area contributed by atoms with E-state index in [0.29, 0.717) is 22.3 Å².